The van der Waals surface area contributed by atoms with Crippen molar-refractivity contribution in [2.75, 3.05) is 59.5 Å². The second-order valence-corrected chi connectivity index (χ2v) is 6.83. The summed E-state index contributed by atoms with van der Waals surface area (Å²) in [4.78, 5) is 19.0. The second-order valence-electron chi connectivity index (χ2n) is 6.83. The van der Waals surface area contributed by atoms with E-state index in [-0.39, 0.29) is 12.1 Å². The molecule has 2 rings (SSSR count). The Balaban J connectivity index is 1.68. The number of benzene rings is 1. The van der Waals surface area contributed by atoms with Gasteiger partial charge in [0, 0.05) is 45.3 Å². The first kappa shape index (κ1) is 19.5. The number of nitrogens with one attached hydrogen (secondary N) is 1. The van der Waals surface area contributed by atoms with Crippen molar-refractivity contribution in [3.05, 3.63) is 30.3 Å². The molecule has 6 heteroatoms. The van der Waals surface area contributed by atoms with E-state index in [2.05, 4.69) is 22.2 Å². The van der Waals surface area contributed by atoms with E-state index < -0.39 is 0 Å². The van der Waals surface area contributed by atoms with Crippen molar-refractivity contribution in [3.63, 3.8) is 0 Å². The zero-order chi connectivity index (χ0) is 18.1. The van der Waals surface area contributed by atoms with Crippen molar-refractivity contribution in [2.24, 2.45) is 0 Å². The Hall–Kier alpha value is -1.79. The third kappa shape index (κ3) is 6.92. The molecule has 25 heavy (non-hydrogen) atoms. The van der Waals surface area contributed by atoms with Crippen LogP contribution in [0.2, 0.25) is 0 Å². The van der Waals surface area contributed by atoms with Gasteiger partial charge in [0.25, 0.3) is 0 Å². The molecule has 1 aliphatic heterocycles. The number of hydrogen-bond acceptors (Lipinski definition) is 4. The van der Waals surface area contributed by atoms with E-state index in [0.717, 1.165) is 38.5 Å². The molecule has 0 atom stereocenters. The molecule has 1 fully saturated rings. The Morgan fingerprint density at radius 3 is 2.52 bits per heavy atom. The summed E-state index contributed by atoms with van der Waals surface area (Å²) in [7, 11) is 2.15. The van der Waals surface area contributed by atoms with Crippen LogP contribution in [0.1, 0.15) is 13.8 Å². The predicted molar refractivity (Wildman–Crippen MR) is 101 cm³/mol. The number of piperazine rings is 1. The van der Waals surface area contributed by atoms with Crippen LogP contribution in [0.25, 0.3) is 0 Å². The highest BCUT2D eigenvalue weighted by Gasteiger charge is 2.18. The average Bonchev–Trinajstić information content (AvgIpc) is 2.61. The molecule has 140 valence electrons. The van der Waals surface area contributed by atoms with Gasteiger partial charge in [-0.05, 0) is 33.0 Å². The standard InChI is InChI=1S/C19H32N4O2/c1-17(2)23(15-16-25-18-7-5-4-6-8-18)19(24)20-9-10-22-13-11-21(3)12-14-22/h4-8,17H,9-16H2,1-3H3,(H,20,24). The summed E-state index contributed by atoms with van der Waals surface area (Å²) in [5.41, 5.74) is 0. The molecule has 1 aromatic carbocycles. The fourth-order valence-corrected chi connectivity index (χ4v) is 2.87. The summed E-state index contributed by atoms with van der Waals surface area (Å²) in [5, 5.41) is 3.05. The average molecular weight is 348 g/mol. The molecule has 0 saturated carbocycles. The largest absolute Gasteiger partial charge is 0.492 e. The fraction of sp³-hybridized carbons (Fsp3) is 0.632. The highest BCUT2D eigenvalue weighted by atomic mass is 16.5. The van der Waals surface area contributed by atoms with Gasteiger partial charge in [-0.2, -0.15) is 0 Å². The highest BCUT2D eigenvalue weighted by molar-refractivity contribution is 5.74. The van der Waals surface area contributed by atoms with Crippen LogP contribution in [-0.2, 0) is 0 Å². The summed E-state index contributed by atoms with van der Waals surface area (Å²) in [5.74, 6) is 0.835. The van der Waals surface area contributed by atoms with E-state index in [4.69, 9.17) is 4.74 Å². The highest BCUT2D eigenvalue weighted by Crippen LogP contribution is 2.08. The number of urea groups is 1. The van der Waals surface area contributed by atoms with Crippen molar-refractivity contribution in [1.29, 1.82) is 0 Å². The van der Waals surface area contributed by atoms with Gasteiger partial charge in [0.1, 0.15) is 12.4 Å². The smallest absolute Gasteiger partial charge is 0.317 e. The lowest BCUT2D eigenvalue weighted by atomic mass is 10.3. The lowest BCUT2D eigenvalue weighted by Gasteiger charge is -2.32. The van der Waals surface area contributed by atoms with Gasteiger partial charge in [0.2, 0.25) is 0 Å². The van der Waals surface area contributed by atoms with Gasteiger partial charge in [-0.15, -0.1) is 0 Å². The zero-order valence-corrected chi connectivity index (χ0v) is 15.8. The quantitative estimate of drug-likeness (QED) is 0.777. The summed E-state index contributed by atoms with van der Waals surface area (Å²) in [6.45, 7) is 11.1. The topological polar surface area (TPSA) is 48.1 Å². The molecule has 1 N–H and O–H groups in total. The maximum Gasteiger partial charge on any atom is 0.317 e. The third-order valence-electron chi connectivity index (χ3n) is 4.53. The number of nitrogens with zero attached hydrogens (tertiary/aromatic N) is 3. The minimum atomic E-state index is -0.0132. The molecule has 1 aromatic rings. The lowest BCUT2D eigenvalue weighted by molar-refractivity contribution is 0.148. The molecule has 0 spiro atoms. The number of ether oxygens (including phenoxy) is 1. The Morgan fingerprint density at radius 2 is 1.88 bits per heavy atom. The number of carbonyl (C=O) groups is 1. The summed E-state index contributed by atoms with van der Waals surface area (Å²) < 4.78 is 5.71. The number of carbonyl (C=O) groups excluding carboxylic acids is 1. The molecule has 1 saturated heterocycles. The van der Waals surface area contributed by atoms with Crippen LogP contribution in [0.3, 0.4) is 0 Å². The van der Waals surface area contributed by atoms with E-state index in [1.807, 2.05) is 49.1 Å². The van der Waals surface area contributed by atoms with Gasteiger partial charge in [-0.25, -0.2) is 4.79 Å². The maximum atomic E-state index is 12.5. The molecule has 0 bridgehead atoms. The van der Waals surface area contributed by atoms with Crippen molar-refractivity contribution in [2.45, 2.75) is 19.9 Å². The van der Waals surface area contributed by atoms with Gasteiger partial charge in [-0.1, -0.05) is 18.2 Å². The summed E-state index contributed by atoms with van der Waals surface area (Å²) in [6, 6.07) is 9.83. The molecular weight excluding hydrogens is 316 g/mol. The van der Waals surface area contributed by atoms with E-state index in [0.29, 0.717) is 19.7 Å². The first-order chi connectivity index (χ1) is 12.1. The molecule has 6 nitrogen and oxygen atoms in total. The van der Waals surface area contributed by atoms with Gasteiger partial charge in [0.15, 0.2) is 0 Å². The molecular formula is C19H32N4O2. The van der Waals surface area contributed by atoms with Crippen molar-refractivity contribution < 1.29 is 9.53 Å². The van der Waals surface area contributed by atoms with E-state index in [1.54, 1.807) is 0 Å². The van der Waals surface area contributed by atoms with Gasteiger partial charge < -0.3 is 19.9 Å². The van der Waals surface area contributed by atoms with Gasteiger partial charge >= 0.3 is 6.03 Å². The van der Waals surface area contributed by atoms with Crippen LogP contribution in [-0.4, -0.2) is 86.2 Å². The Morgan fingerprint density at radius 1 is 1.20 bits per heavy atom. The monoisotopic (exact) mass is 348 g/mol. The van der Waals surface area contributed by atoms with Crippen molar-refractivity contribution >= 4 is 6.03 Å². The van der Waals surface area contributed by atoms with Crippen molar-refractivity contribution in [1.82, 2.24) is 20.0 Å². The minimum absolute atomic E-state index is 0.0132. The van der Waals surface area contributed by atoms with Crippen LogP contribution in [0.15, 0.2) is 30.3 Å². The fourth-order valence-electron chi connectivity index (χ4n) is 2.87. The van der Waals surface area contributed by atoms with Crippen LogP contribution in [0.4, 0.5) is 4.79 Å². The molecule has 0 aromatic heterocycles. The molecule has 1 aliphatic rings. The first-order valence-electron chi connectivity index (χ1n) is 9.19. The molecule has 0 unspecified atom stereocenters. The first-order valence-corrected chi connectivity index (χ1v) is 9.19. The van der Waals surface area contributed by atoms with Crippen LogP contribution >= 0.6 is 0 Å². The van der Waals surface area contributed by atoms with Gasteiger partial charge in [0.05, 0.1) is 6.54 Å². The molecule has 1 heterocycles. The second kappa shape index (κ2) is 10.3. The normalized spacial score (nSPS) is 16.0. The molecule has 0 aliphatic carbocycles. The third-order valence-corrected chi connectivity index (χ3v) is 4.53. The number of rotatable bonds is 8. The molecule has 2 amide bonds. The van der Waals surface area contributed by atoms with Crippen LogP contribution < -0.4 is 10.1 Å². The lowest BCUT2D eigenvalue weighted by Crippen LogP contribution is -2.50. The summed E-state index contributed by atoms with van der Waals surface area (Å²) >= 11 is 0. The Bertz CT molecular complexity index is 501. The maximum absolute atomic E-state index is 12.5. The van der Waals surface area contributed by atoms with E-state index in [9.17, 15) is 4.79 Å². The Labute approximate surface area is 151 Å². The summed E-state index contributed by atoms with van der Waals surface area (Å²) in [6.07, 6.45) is 0. The number of para-hydroxylation sites is 1. The predicted octanol–water partition coefficient (Wildman–Crippen LogP) is 1.73. The van der Waals surface area contributed by atoms with Gasteiger partial charge in [-0.3, -0.25) is 4.90 Å². The zero-order valence-electron chi connectivity index (χ0n) is 15.8. The SMILES string of the molecule is CC(C)N(CCOc1ccccc1)C(=O)NCCN1CCN(C)CC1. The van der Waals surface area contributed by atoms with E-state index in [1.165, 1.54) is 0 Å². The minimum Gasteiger partial charge on any atom is -0.492 e. The number of likely N-dealkylation sites (N-methyl/N-ethyl adjacent to an activating group) is 1. The van der Waals surface area contributed by atoms with E-state index >= 15 is 0 Å². The van der Waals surface area contributed by atoms with Crippen LogP contribution in [0.5, 0.6) is 5.75 Å². The Kier molecular flexibility index (Phi) is 8.01. The van der Waals surface area contributed by atoms with Crippen LogP contribution in [0, 0.1) is 0 Å². The number of hydrogen-bond donors (Lipinski definition) is 1. The molecule has 0 radical (unpaired) electrons. The van der Waals surface area contributed by atoms with Crippen molar-refractivity contribution in [3.8, 4) is 5.75 Å². The number of amides is 2.